The van der Waals surface area contributed by atoms with Crippen molar-refractivity contribution >= 4 is 5.97 Å². The Kier molecular flexibility index (Phi) is 2.68. The van der Waals surface area contributed by atoms with Crippen molar-refractivity contribution < 1.29 is 9.90 Å². The van der Waals surface area contributed by atoms with Crippen LogP contribution in [0.5, 0.6) is 0 Å². The van der Waals surface area contributed by atoms with E-state index in [0.29, 0.717) is 11.5 Å². The molecule has 2 aromatic heterocycles. The summed E-state index contributed by atoms with van der Waals surface area (Å²) in [5, 5.41) is 16.4. The van der Waals surface area contributed by atoms with Gasteiger partial charge < -0.3 is 9.67 Å². The number of hydrogen-bond donors (Lipinski definition) is 1. The fraction of sp³-hybridized carbons (Fsp3) is 0.182. The smallest absolute Gasteiger partial charge is 0.309 e. The molecule has 0 saturated carbocycles. The highest BCUT2D eigenvalue weighted by Crippen LogP contribution is 2.07. The van der Waals surface area contributed by atoms with Gasteiger partial charge in [0.15, 0.2) is 5.82 Å². The predicted molar refractivity (Wildman–Crippen MR) is 57.4 cm³/mol. The van der Waals surface area contributed by atoms with Gasteiger partial charge >= 0.3 is 5.97 Å². The highest BCUT2D eigenvalue weighted by atomic mass is 16.4. The Labute approximate surface area is 92.4 Å². The summed E-state index contributed by atoms with van der Waals surface area (Å²) in [7, 11) is 0. The first-order valence-electron chi connectivity index (χ1n) is 4.84. The summed E-state index contributed by atoms with van der Waals surface area (Å²) in [5.41, 5.74) is 1.59. The van der Waals surface area contributed by atoms with Crippen LogP contribution < -0.4 is 0 Å². The molecule has 1 N–H and O–H groups in total. The average Bonchev–Trinajstić information content (AvgIpc) is 2.65. The van der Waals surface area contributed by atoms with Crippen LogP contribution in [-0.2, 0) is 11.2 Å². The van der Waals surface area contributed by atoms with E-state index < -0.39 is 5.97 Å². The molecular formula is C11H11N3O2. The number of rotatable bonds is 3. The van der Waals surface area contributed by atoms with E-state index >= 15 is 0 Å². The Morgan fingerprint density at radius 2 is 2.19 bits per heavy atom. The van der Waals surface area contributed by atoms with E-state index in [0.717, 1.165) is 5.56 Å². The molecule has 0 amide bonds. The monoisotopic (exact) mass is 217 g/mol. The summed E-state index contributed by atoms with van der Waals surface area (Å²) in [6, 6.07) is 5.39. The second-order valence-corrected chi connectivity index (χ2v) is 3.55. The van der Waals surface area contributed by atoms with Crippen LogP contribution >= 0.6 is 0 Å². The molecule has 0 aliphatic rings. The van der Waals surface area contributed by atoms with Gasteiger partial charge in [0.05, 0.1) is 12.1 Å². The van der Waals surface area contributed by atoms with Gasteiger partial charge in [0, 0.05) is 12.4 Å². The maximum atomic E-state index is 10.5. The van der Waals surface area contributed by atoms with Crippen molar-refractivity contribution in [3.05, 3.63) is 41.9 Å². The van der Waals surface area contributed by atoms with Gasteiger partial charge in [0.25, 0.3) is 0 Å². The molecule has 0 radical (unpaired) electrons. The SMILES string of the molecule is Cc1ccn(-c2ccc(CC(=O)O)nn2)c1. The Morgan fingerprint density at radius 1 is 1.38 bits per heavy atom. The Hall–Kier alpha value is -2.17. The van der Waals surface area contributed by atoms with Crippen molar-refractivity contribution in [2.45, 2.75) is 13.3 Å². The molecule has 5 heteroatoms. The minimum atomic E-state index is -0.904. The minimum Gasteiger partial charge on any atom is -0.481 e. The molecule has 5 nitrogen and oxygen atoms in total. The van der Waals surface area contributed by atoms with Crippen molar-refractivity contribution in [3.8, 4) is 5.82 Å². The largest absolute Gasteiger partial charge is 0.481 e. The van der Waals surface area contributed by atoms with E-state index in [4.69, 9.17) is 5.11 Å². The van der Waals surface area contributed by atoms with E-state index in [2.05, 4.69) is 10.2 Å². The maximum Gasteiger partial charge on any atom is 0.309 e. The number of carboxylic acid groups (broad SMARTS) is 1. The minimum absolute atomic E-state index is 0.0992. The number of carboxylic acids is 1. The number of aliphatic carboxylic acids is 1. The first-order valence-corrected chi connectivity index (χ1v) is 4.84. The van der Waals surface area contributed by atoms with Crippen molar-refractivity contribution in [3.63, 3.8) is 0 Å². The van der Waals surface area contributed by atoms with Gasteiger partial charge in [-0.05, 0) is 30.7 Å². The summed E-state index contributed by atoms with van der Waals surface area (Å²) >= 11 is 0. The van der Waals surface area contributed by atoms with Crippen molar-refractivity contribution in [2.24, 2.45) is 0 Å². The van der Waals surface area contributed by atoms with Crippen LogP contribution in [0, 0.1) is 6.92 Å². The fourth-order valence-corrected chi connectivity index (χ4v) is 1.39. The Balaban J connectivity index is 2.22. The van der Waals surface area contributed by atoms with Crippen LogP contribution in [0.3, 0.4) is 0 Å². The summed E-state index contributed by atoms with van der Waals surface area (Å²) in [6.07, 6.45) is 3.72. The molecule has 0 bridgehead atoms. The topological polar surface area (TPSA) is 68.0 Å². The molecule has 0 aliphatic carbocycles. The molecule has 0 unspecified atom stereocenters. The van der Waals surface area contributed by atoms with E-state index in [1.54, 1.807) is 12.1 Å². The summed E-state index contributed by atoms with van der Waals surface area (Å²) in [5.74, 6) is -0.221. The Bertz CT molecular complexity index is 502. The lowest BCUT2D eigenvalue weighted by molar-refractivity contribution is -0.136. The van der Waals surface area contributed by atoms with Gasteiger partial charge in [0.1, 0.15) is 0 Å². The molecule has 0 spiro atoms. The standard InChI is InChI=1S/C11H11N3O2/c1-8-4-5-14(7-8)10-3-2-9(12-13-10)6-11(15)16/h2-5,7H,6H2,1H3,(H,15,16). The lowest BCUT2D eigenvalue weighted by Gasteiger charge is -2.01. The first-order chi connectivity index (χ1) is 7.65. The maximum absolute atomic E-state index is 10.5. The number of hydrogen-bond acceptors (Lipinski definition) is 3. The zero-order valence-electron chi connectivity index (χ0n) is 8.79. The number of aryl methyl sites for hydroxylation is 1. The highest BCUT2D eigenvalue weighted by Gasteiger charge is 2.03. The lowest BCUT2D eigenvalue weighted by Crippen LogP contribution is -2.05. The van der Waals surface area contributed by atoms with E-state index in [1.807, 2.05) is 30.0 Å². The predicted octanol–water partition coefficient (Wildman–Crippen LogP) is 1.20. The molecule has 0 saturated heterocycles. The molecule has 2 aromatic rings. The highest BCUT2D eigenvalue weighted by molar-refractivity contribution is 5.69. The summed E-state index contributed by atoms with van der Waals surface area (Å²) in [4.78, 5) is 10.5. The fourth-order valence-electron chi connectivity index (χ4n) is 1.39. The molecule has 0 atom stereocenters. The van der Waals surface area contributed by atoms with Crippen LogP contribution in [0.25, 0.3) is 5.82 Å². The van der Waals surface area contributed by atoms with Crippen LogP contribution in [0.15, 0.2) is 30.6 Å². The normalized spacial score (nSPS) is 10.3. The van der Waals surface area contributed by atoms with Gasteiger partial charge in [-0.2, -0.15) is 5.10 Å². The zero-order chi connectivity index (χ0) is 11.5. The zero-order valence-corrected chi connectivity index (χ0v) is 8.79. The second-order valence-electron chi connectivity index (χ2n) is 3.55. The van der Waals surface area contributed by atoms with Crippen molar-refractivity contribution in [1.29, 1.82) is 0 Å². The molecule has 0 aromatic carbocycles. The van der Waals surface area contributed by atoms with Crippen molar-refractivity contribution in [2.75, 3.05) is 0 Å². The average molecular weight is 217 g/mol. The van der Waals surface area contributed by atoms with Crippen molar-refractivity contribution in [1.82, 2.24) is 14.8 Å². The van der Waals surface area contributed by atoms with E-state index in [-0.39, 0.29) is 6.42 Å². The Morgan fingerprint density at radius 3 is 2.69 bits per heavy atom. The third-order valence-corrected chi connectivity index (χ3v) is 2.14. The first kappa shape index (κ1) is 10.4. The third kappa shape index (κ3) is 2.25. The molecule has 16 heavy (non-hydrogen) atoms. The summed E-state index contributed by atoms with van der Waals surface area (Å²) < 4.78 is 1.84. The number of carbonyl (C=O) groups is 1. The molecule has 82 valence electrons. The second kappa shape index (κ2) is 4.14. The van der Waals surface area contributed by atoms with Gasteiger partial charge in [-0.15, -0.1) is 5.10 Å². The van der Waals surface area contributed by atoms with Gasteiger partial charge in [-0.25, -0.2) is 0 Å². The number of nitrogens with zero attached hydrogens (tertiary/aromatic N) is 3. The van der Waals surface area contributed by atoms with Crippen LogP contribution in [0.4, 0.5) is 0 Å². The lowest BCUT2D eigenvalue weighted by atomic mass is 10.3. The van der Waals surface area contributed by atoms with E-state index in [1.165, 1.54) is 0 Å². The molecule has 0 aliphatic heterocycles. The van der Waals surface area contributed by atoms with E-state index in [9.17, 15) is 4.79 Å². The van der Waals surface area contributed by atoms with Gasteiger partial charge in [0.2, 0.25) is 0 Å². The van der Waals surface area contributed by atoms with Crippen LogP contribution in [0.1, 0.15) is 11.3 Å². The molecule has 0 fully saturated rings. The molecule has 2 heterocycles. The summed E-state index contributed by atoms with van der Waals surface area (Å²) in [6.45, 7) is 1.99. The molecular weight excluding hydrogens is 206 g/mol. The number of aromatic nitrogens is 3. The van der Waals surface area contributed by atoms with Gasteiger partial charge in [-0.3, -0.25) is 4.79 Å². The van der Waals surface area contributed by atoms with Crippen LogP contribution in [0.2, 0.25) is 0 Å². The third-order valence-electron chi connectivity index (χ3n) is 2.14. The molecule has 2 rings (SSSR count). The quantitative estimate of drug-likeness (QED) is 0.838. The van der Waals surface area contributed by atoms with Gasteiger partial charge in [-0.1, -0.05) is 0 Å². The van der Waals surface area contributed by atoms with Crippen LogP contribution in [-0.4, -0.2) is 25.8 Å².